The van der Waals surface area contributed by atoms with Crippen LogP contribution in [0.2, 0.25) is 5.02 Å². The van der Waals surface area contributed by atoms with Gasteiger partial charge in [0.1, 0.15) is 0 Å². The van der Waals surface area contributed by atoms with Crippen molar-refractivity contribution in [2.24, 2.45) is 0 Å². The highest BCUT2D eigenvalue weighted by molar-refractivity contribution is 9.10. The van der Waals surface area contributed by atoms with Crippen molar-refractivity contribution < 1.29 is 14.4 Å². The van der Waals surface area contributed by atoms with Gasteiger partial charge < -0.3 is 15.5 Å². The molecule has 2 aromatic rings. The van der Waals surface area contributed by atoms with Crippen LogP contribution in [0.4, 0.5) is 5.69 Å². The molecule has 1 fully saturated rings. The fourth-order valence-corrected chi connectivity index (χ4v) is 3.66. The second-order valence-corrected chi connectivity index (χ2v) is 8.64. The van der Waals surface area contributed by atoms with Crippen LogP contribution in [-0.4, -0.2) is 66.8 Å². The van der Waals surface area contributed by atoms with Crippen molar-refractivity contribution in [2.75, 3.05) is 44.6 Å². The van der Waals surface area contributed by atoms with Gasteiger partial charge in [0.15, 0.2) is 0 Å². The molecule has 1 heterocycles. The molecule has 0 aliphatic carbocycles. The van der Waals surface area contributed by atoms with Gasteiger partial charge in [-0.2, -0.15) is 0 Å². The highest BCUT2D eigenvalue weighted by Gasteiger charge is 2.22. The Hall–Kier alpha value is -2.42. The van der Waals surface area contributed by atoms with E-state index in [0.717, 1.165) is 10.0 Å². The maximum atomic E-state index is 12.6. The van der Waals surface area contributed by atoms with Crippen molar-refractivity contribution in [1.82, 2.24) is 15.1 Å². The molecule has 0 bridgehead atoms. The summed E-state index contributed by atoms with van der Waals surface area (Å²) < 4.78 is 0.937. The molecular weight excluding hydrogens is 484 g/mol. The van der Waals surface area contributed by atoms with Gasteiger partial charge in [-0.15, -0.1) is 0 Å². The number of nitrogens with one attached hydrogen (secondary N) is 2. The highest BCUT2D eigenvalue weighted by atomic mass is 79.9. The van der Waals surface area contributed by atoms with Gasteiger partial charge in [-0.05, 0) is 48.9 Å². The Morgan fingerprint density at radius 1 is 1.00 bits per heavy atom. The van der Waals surface area contributed by atoms with E-state index in [1.165, 1.54) is 0 Å². The zero-order valence-corrected chi connectivity index (χ0v) is 19.5. The minimum atomic E-state index is -0.732. The summed E-state index contributed by atoms with van der Waals surface area (Å²) in [5.74, 6) is -1.40. The lowest BCUT2D eigenvalue weighted by Crippen LogP contribution is -2.50. The van der Waals surface area contributed by atoms with E-state index >= 15 is 0 Å². The Bertz CT molecular complexity index is 960. The van der Waals surface area contributed by atoms with E-state index < -0.39 is 11.8 Å². The average molecular weight is 508 g/mol. The summed E-state index contributed by atoms with van der Waals surface area (Å²) >= 11 is 9.40. The lowest BCUT2D eigenvalue weighted by molar-refractivity contribution is -0.136. The molecule has 164 valence electrons. The van der Waals surface area contributed by atoms with Crippen LogP contribution >= 0.6 is 27.5 Å². The number of carbonyl (C=O) groups excluding carboxylic acids is 3. The molecule has 2 N–H and O–H groups in total. The molecule has 9 heteroatoms. The first-order valence-corrected chi connectivity index (χ1v) is 11.1. The van der Waals surface area contributed by atoms with Crippen LogP contribution in [0.1, 0.15) is 15.9 Å². The number of rotatable bonds is 5. The topological polar surface area (TPSA) is 81.8 Å². The summed E-state index contributed by atoms with van der Waals surface area (Å²) in [6.07, 6.45) is 0. The number of hydrogen-bond donors (Lipinski definition) is 2. The number of nitrogens with zero attached hydrogens (tertiary/aromatic N) is 2. The maximum Gasteiger partial charge on any atom is 0.313 e. The average Bonchev–Trinajstić information content (AvgIpc) is 2.76. The Labute approximate surface area is 194 Å². The van der Waals surface area contributed by atoms with Crippen molar-refractivity contribution in [3.63, 3.8) is 0 Å². The second kappa shape index (κ2) is 10.7. The lowest BCUT2D eigenvalue weighted by atomic mass is 10.2. The molecule has 0 unspecified atom stereocenters. The summed E-state index contributed by atoms with van der Waals surface area (Å²) in [4.78, 5) is 40.6. The molecular formula is C22H24BrClN4O3. The second-order valence-electron chi connectivity index (χ2n) is 7.31. The zero-order valence-electron chi connectivity index (χ0n) is 17.2. The van der Waals surface area contributed by atoms with Gasteiger partial charge in [-0.25, -0.2) is 0 Å². The first kappa shape index (κ1) is 23.2. The fraction of sp³-hybridized carbons (Fsp3) is 0.318. The third kappa shape index (κ3) is 6.53. The molecule has 2 aromatic carbocycles. The van der Waals surface area contributed by atoms with Crippen LogP contribution in [0.25, 0.3) is 0 Å². The predicted molar refractivity (Wildman–Crippen MR) is 124 cm³/mol. The van der Waals surface area contributed by atoms with E-state index in [0.29, 0.717) is 55.5 Å². The van der Waals surface area contributed by atoms with E-state index in [2.05, 4.69) is 31.5 Å². The Morgan fingerprint density at radius 3 is 2.32 bits per heavy atom. The molecule has 31 heavy (non-hydrogen) atoms. The van der Waals surface area contributed by atoms with Gasteiger partial charge in [0.2, 0.25) is 0 Å². The summed E-state index contributed by atoms with van der Waals surface area (Å²) in [6.45, 7) is 5.49. The first-order chi connectivity index (χ1) is 14.8. The number of halogens is 2. The van der Waals surface area contributed by atoms with Gasteiger partial charge in [-0.3, -0.25) is 19.3 Å². The van der Waals surface area contributed by atoms with Crippen LogP contribution in [0.5, 0.6) is 0 Å². The quantitative estimate of drug-likeness (QED) is 0.610. The highest BCUT2D eigenvalue weighted by Crippen LogP contribution is 2.19. The van der Waals surface area contributed by atoms with Crippen LogP contribution < -0.4 is 10.6 Å². The van der Waals surface area contributed by atoms with E-state index in [-0.39, 0.29) is 5.91 Å². The van der Waals surface area contributed by atoms with Gasteiger partial charge in [-0.1, -0.05) is 33.6 Å². The van der Waals surface area contributed by atoms with E-state index in [4.69, 9.17) is 11.6 Å². The predicted octanol–water partition coefficient (Wildman–Crippen LogP) is 2.92. The molecule has 0 aromatic heterocycles. The largest absolute Gasteiger partial charge is 0.347 e. The lowest BCUT2D eigenvalue weighted by Gasteiger charge is -2.34. The number of piperazine rings is 1. The summed E-state index contributed by atoms with van der Waals surface area (Å²) in [5.41, 5.74) is 2.04. The molecule has 0 spiro atoms. The number of hydrogen-bond acceptors (Lipinski definition) is 4. The monoisotopic (exact) mass is 506 g/mol. The minimum Gasteiger partial charge on any atom is -0.347 e. The molecule has 1 aliphatic rings. The third-order valence-electron chi connectivity index (χ3n) is 5.10. The van der Waals surface area contributed by atoms with E-state index in [1.807, 2.05) is 36.1 Å². The number of benzene rings is 2. The van der Waals surface area contributed by atoms with Crippen molar-refractivity contribution in [1.29, 1.82) is 0 Å². The molecule has 1 saturated heterocycles. The van der Waals surface area contributed by atoms with Gasteiger partial charge in [0.05, 0.1) is 0 Å². The molecule has 0 radical (unpaired) electrons. The van der Waals surface area contributed by atoms with Crippen molar-refractivity contribution in [2.45, 2.75) is 6.92 Å². The zero-order chi connectivity index (χ0) is 22.4. The SMILES string of the molecule is Cc1ccc(NC(=O)C(=O)NCCN2CCN(C(=O)c3ccc(Br)cc3)CC2)cc1Cl. The molecule has 7 nitrogen and oxygen atoms in total. The Kier molecular flexibility index (Phi) is 8.06. The smallest absolute Gasteiger partial charge is 0.313 e. The molecule has 1 aliphatic heterocycles. The molecule has 0 atom stereocenters. The van der Waals surface area contributed by atoms with Crippen LogP contribution in [0.3, 0.4) is 0 Å². The Morgan fingerprint density at radius 2 is 1.68 bits per heavy atom. The normalized spacial score (nSPS) is 14.2. The third-order valence-corrected chi connectivity index (χ3v) is 6.04. The summed E-state index contributed by atoms with van der Waals surface area (Å²) in [7, 11) is 0. The van der Waals surface area contributed by atoms with Gasteiger partial charge >= 0.3 is 11.8 Å². The maximum absolute atomic E-state index is 12.6. The molecule has 3 rings (SSSR count). The van der Waals surface area contributed by atoms with Crippen molar-refractivity contribution in [3.8, 4) is 0 Å². The number of amides is 3. The van der Waals surface area contributed by atoms with Gasteiger partial charge in [0, 0.05) is 60.0 Å². The van der Waals surface area contributed by atoms with Crippen LogP contribution in [0.15, 0.2) is 46.9 Å². The van der Waals surface area contributed by atoms with Crippen molar-refractivity contribution in [3.05, 3.63) is 63.1 Å². The van der Waals surface area contributed by atoms with Crippen molar-refractivity contribution >= 4 is 50.9 Å². The number of carbonyl (C=O) groups is 3. The van der Waals surface area contributed by atoms with Gasteiger partial charge in [0.25, 0.3) is 5.91 Å². The van der Waals surface area contributed by atoms with Crippen LogP contribution in [-0.2, 0) is 9.59 Å². The molecule has 3 amide bonds. The number of anilines is 1. The van der Waals surface area contributed by atoms with E-state index in [9.17, 15) is 14.4 Å². The first-order valence-electron chi connectivity index (χ1n) is 9.96. The summed E-state index contributed by atoms with van der Waals surface area (Å²) in [5, 5.41) is 5.69. The number of aryl methyl sites for hydroxylation is 1. The van der Waals surface area contributed by atoms with E-state index in [1.54, 1.807) is 18.2 Å². The summed E-state index contributed by atoms with van der Waals surface area (Å²) in [6, 6.07) is 12.4. The Balaban J connectivity index is 1.38. The minimum absolute atomic E-state index is 0.0216. The molecule has 0 saturated carbocycles. The standard InChI is InChI=1S/C22H24BrClN4O3/c1-15-2-7-18(14-19(15)24)26-21(30)20(29)25-8-9-27-10-12-28(13-11-27)22(31)16-3-5-17(23)6-4-16/h2-7,14H,8-13H2,1H3,(H,25,29)(H,26,30). The van der Waals surface area contributed by atoms with Crippen LogP contribution in [0, 0.1) is 6.92 Å². The fourth-order valence-electron chi connectivity index (χ4n) is 3.22.